The van der Waals surface area contributed by atoms with E-state index < -0.39 is 17.7 Å². The van der Waals surface area contributed by atoms with Crippen LogP contribution in [0.3, 0.4) is 0 Å². The predicted molar refractivity (Wildman–Crippen MR) is 97.4 cm³/mol. The van der Waals surface area contributed by atoms with Crippen molar-refractivity contribution in [1.82, 2.24) is 10.2 Å². The lowest BCUT2D eigenvalue weighted by Gasteiger charge is -2.28. The van der Waals surface area contributed by atoms with Gasteiger partial charge in [0.1, 0.15) is 11.6 Å². The summed E-state index contributed by atoms with van der Waals surface area (Å²) >= 11 is 3.31. The number of ether oxygens (including phenoxy) is 1. The Balaban J connectivity index is 1.92. The first kappa shape index (κ1) is 19.4. The highest BCUT2D eigenvalue weighted by Crippen LogP contribution is 2.21. The third-order valence-electron chi connectivity index (χ3n) is 3.77. The molecule has 2 rings (SSSR count). The zero-order valence-electron chi connectivity index (χ0n) is 14.7. The van der Waals surface area contributed by atoms with Crippen molar-refractivity contribution < 1.29 is 19.1 Å². The Morgan fingerprint density at radius 3 is 2.48 bits per heavy atom. The van der Waals surface area contributed by atoms with Gasteiger partial charge in [0, 0.05) is 16.6 Å². The number of nitrogens with one attached hydrogen (secondary N) is 1. The highest BCUT2D eigenvalue weighted by Gasteiger charge is 2.36. The highest BCUT2D eigenvalue weighted by molar-refractivity contribution is 9.10. The molecule has 1 aromatic carbocycles. The second-order valence-electron chi connectivity index (χ2n) is 6.98. The van der Waals surface area contributed by atoms with Crippen molar-refractivity contribution >= 4 is 33.7 Å². The molecule has 0 bridgehead atoms. The normalized spacial score (nSPS) is 17.3. The van der Waals surface area contributed by atoms with Crippen molar-refractivity contribution in [2.75, 3.05) is 13.1 Å². The third-order valence-corrected chi connectivity index (χ3v) is 4.30. The Morgan fingerprint density at radius 1 is 1.24 bits per heavy atom. The lowest BCUT2D eigenvalue weighted by molar-refractivity contribution is -0.125. The van der Waals surface area contributed by atoms with Gasteiger partial charge in [0.15, 0.2) is 5.78 Å². The molecule has 1 aliphatic heterocycles. The van der Waals surface area contributed by atoms with Gasteiger partial charge in [0.25, 0.3) is 0 Å². The van der Waals surface area contributed by atoms with Crippen LogP contribution in [0.1, 0.15) is 44.0 Å². The number of hydrogen-bond acceptors (Lipinski definition) is 4. The Labute approximate surface area is 156 Å². The standard InChI is InChI=1S/C18H23BrN2O4/c1-18(2,3)25-17(24)21-10-4-5-14(21)16(23)20-11-15(22)12-6-8-13(19)9-7-12/h6-9,14H,4-5,10-11H2,1-3H3,(H,20,23)/t14-/m1/s1. The maximum Gasteiger partial charge on any atom is 0.410 e. The number of rotatable bonds is 4. The fourth-order valence-corrected chi connectivity index (χ4v) is 2.87. The first-order valence-electron chi connectivity index (χ1n) is 8.23. The van der Waals surface area contributed by atoms with Crippen LogP contribution in [0, 0.1) is 0 Å². The zero-order chi connectivity index (χ0) is 18.6. The molecule has 136 valence electrons. The van der Waals surface area contributed by atoms with E-state index in [2.05, 4.69) is 21.2 Å². The summed E-state index contributed by atoms with van der Waals surface area (Å²) in [5.74, 6) is -0.503. The number of carbonyl (C=O) groups is 3. The summed E-state index contributed by atoms with van der Waals surface area (Å²) in [6.45, 7) is 5.74. The molecule has 1 N–H and O–H groups in total. The van der Waals surface area contributed by atoms with Gasteiger partial charge in [-0.25, -0.2) is 4.79 Å². The second kappa shape index (κ2) is 7.99. The molecule has 0 radical (unpaired) electrons. The Hall–Kier alpha value is -1.89. The maximum atomic E-state index is 12.4. The van der Waals surface area contributed by atoms with Gasteiger partial charge in [0.05, 0.1) is 6.54 Å². The molecule has 1 fully saturated rings. The van der Waals surface area contributed by atoms with Crippen molar-refractivity contribution in [2.24, 2.45) is 0 Å². The fraction of sp³-hybridized carbons (Fsp3) is 0.500. The number of hydrogen-bond donors (Lipinski definition) is 1. The van der Waals surface area contributed by atoms with Crippen LogP contribution in [0.4, 0.5) is 4.79 Å². The summed E-state index contributed by atoms with van der Waals surface area (Å²) in [5.41, 5.74) is -0.0861. The van der Waals surface area contributed by atoms with Crippen LogP contribution in [0.25, 0.3) is 0 Å². The van der Waals surface area contributed by atoms with Gasteiger partial charge in [-0.1, -0.05) is 28.1 Å². The predicted octanol–water partition coefficient (Wildman–Crippen LogP) is 3.15. The zero-order valence-corrected chi connectivity index (χ0v) is 16.3. The van der Waals surface area contributed by atoms with E-state index in [1.165, 1.54) is 4.90 Å². The fourth-order valence-electron chi connectivity index (χ4n) is 2.60. The lowest BCUT2D eigenvalue weighted by atomic mass is 10.1. The van der Waals surface area contributed by atoms with E-state index in [9.17, 15) is 14.4 Å². The minimum atomic E-state index is -0.613. The second-order valence-corrected chi connectivity index (χ2v) is 7.90. The average Bonchev–Trinajstić information content (AvgIpc) is 3.01. The number of Topliss-reactive ketones (excluding diaryl/α,β-unsaturated/α-hetero) is 1. The molecule has 0 aliphatic carbocycles. The number of benzene rings is 1. The minimum absolute atomic E-state index is 0.0981. The summed E-state index contributed by atoms with van der Waals surface area (Å²) in [6.07, 6.45) is 0.805. The van der Waals surface area contributed by atoms with Crippen LogP contribution in [0.2, 0.25) is 0 Å². The van der Waals surface area contributed by atoms with Gasteiger partial charge in [-0.05, 0) is 45.7 Å². The Bertz CT molecular complexity index is 652. The average molecular weight is 411 g/mol. The summed E-state index contributed by atoms with van der Waals surface area (Å²) in [4.78, 5) is 38.2. The van der Waals surface area contributed by atoms with Crippen LogP contribution in [-0.4, -0.2) is 47.4 Å². The lowest BCUT2D eigenvalue weighted by Crippen LogP contribution is -2.48. The van der Waals surface area contributed by atoms with E-state index in [4.69, 9.17) is 4.74 Å². The monoisotopic (exact) mass is 410 g/mol. The van der Waals surface area contributed by atoms with Crippen LogP contribution in [-0.2, 0) is 9.53 Å². The molecule has 0 saturated carbocycles. The van der Waals surface area contributed by atoms with Gasteiger partial charge < -0.3 is 10.1 Å². The van der Waals surface area contributed by atoms with E-state index in [0.717, 1.165) is 10.9 Å². The number of likely N-dealkylation sites (tertiary alicyclic amines) is 1. The quantitative estimate of drug-likeness (QED) is 0.773. The Kier molecular flexibility index (Phi) is 6.21. The maximum absolute atomic E-state index is 12.4. The molecule has 1 atom stereocenters. The molecule has 1 heterocycles. The third kappa shape index (κ3) is 5.56. The van der Waals surface area contributed by atoms with Crippen molar-refractivity contribution in [3.8, 4) is 0 Å². The van der Waals surface area contributed by atoms with Crippen molar-refractivity contribution in [3.05, 3.63) is 34.3 Å². The summed E-state index contributed by atoms with van der Waals surface area (Å²) in [7, 11) is 0. The molecule has 1 saturated heterocycles. The van der Waals surface area contributed by atoms with Gasteiger partial charge in [-0.3, -0.25) is 14.5 Å². The van der Waals surface area contributed by atoms with Crippen LogP contribution < -0.4 is 5.32 Å². The molecule has 2 amide bonds. The van der Waals surface area contributed by atoms with E-state index in [-0.39, 0.29) is 18.2 Å². The van der Waals surface area contributed by atoms with E-state index >= 15 is 0 Å². The molecule has 0 aromatic heterocycles. The Morgan fingerprint density at radius 2 is 1.88 bits per heavy atom. The molecule has 0 unspecified atom stereocenters. The minimum Gasteiger partial charge on any atom is -0.444 e. The number of nitrogens with zero attached hydrogens (tertiary/aromatic N) is 1. The number of ketones is 1. The molecular weight excluding hydrogens is 388 g/mol. The van der Waals surface area contributed by atoms with Crippen LogP contribution in [0.15, 0.2) is 28.7 Å². The van der Waals surface area contributed by atoms with Gasteiger partial charge in [-0.15, -0.1) is 0 Å². The molecular formula is C18H23BrN2O4. The molecule has 1 aromatic rings. The van der Waals surface area contributed by atoms with E-state index in [0.29, 0.717) is 18.5 Å². The number of halogens is 1. The summed E-state index contributed by atoms with van der Waals surface area (Å²) < 4.78 is 6.23. The van der Waals surface area contributed by atoms with Crippen molar-refractivity contribution in [2.45, 2.75) is 45.3 Å². The summed E-state index contributed by atoms with van der Waals surface area (Å²) in [6, 6.07) is 6.35. The van der Waals surface area contributed by atoms with Gasteiger partial charge in [0.2, 0.25) is 5.91 Å². The molecule has 7 heteroatoms. The first-order chi connectivity index (χ1) is 11.7. The van der Waals surface area contributed by atoms with E-state index in [1.54, 1.807) is 45.0 Å². The molecule has 1 aliphatic rings. The van der Waals surface area contributed by atoms with Gasteiger partial charge in [-0.2, -0.15) is 0 Å². The van der Waals surface area contributed by atoms with E-state index in [1.807, 2.05) is 0 Å². The van der Waals surface area contributed by atoms with Crippen LogP contribution >= 0.6 is 15.9 Å². The smallest absolute Gasteiger partial charge is 0.410 e. The molecule has 25 heavy (non-hydrogen) atoms. The first-order valence-corrected chi connectivity index (χ1v) is 9.03. The van der Waals surface area contributed by atoms with Crippen LogP contribution in [0.5, 0.6) is 0 Å². The molecule has 6 nitrogen and oxygen atoms in total. The summed E-state index contributed by atoms with van der Waals surface area (Å²) in [5, 5.41) is 2.64. The largest absolute Gasteiger partial charge is 0.444 e. The van der Waals surface area contributed by atoms with Gasteiger partial charge >= 0.3 is 6.09 Å². The molecule has 0 spiro atoms. The topological polar surface area (TPSA) is 75.7 Å². The highest BCUT2D eigenvalue weighted by atomic mass is 79.9. The van der Waals surface area contributed by atoms with Crippen molar-refractivity contribution in [1.29, 1.82) is 0 Å². The number of carbonyl (C=O) groups excluding carboxylic acids is 3. The SMILES string of the molecule is CC(C)(C)OC(=O)N1CCC[C@@H]1C(=O)NCC(=O)c1ccc(Br)cc1. The number of amides is 2. The van der Waals surface area contributed by atoms with Crippen molar-refractivity contribution in [3.63, 3.8) is 0 Å².